The molecule has 0 radical (unpaired) electrons. The van der Waals surface area contributed by atoms with Gasteiger partial charge in [-0.1, -0.05) is 11.6 Å². The monoisotopic (exact) mass is 202 g/mol. The maximum Gasteiger partial charge on any atom is 0.489 e. The molecule has 0 unspecified atom stereocenters. The summed E-state index contributed by atoms with van der Waals surface area (Å²) in [6.07, 6.45) is 1.91. The largest absolute Gasteiger partial charge is 0.489 e. The average molecular weight is 202 g/mol. The lowest BCUT2D eigenvalue weighted by Gasteiger charge is -2.04. The topological polar surface area (TPSA) is 40.5 Å². The highest BCUT2D eigenvalue weighted by atomic mass is 35.5. The first-order valence-corrected chi connectivity index (χ1v) is 4.95. The fraction of sp³-hybridized carbons (Fsp3) is 0.143. The molecule has 5 heteroatoms. The molecule has 0 saturated carbocycles. The molecule has 0 aliphatic heterocycles. The molecule has 0 bridgehead atoms. The highest BCUT2D eigenvalue weighted by Crippen LogP contribution is 2.16. The van der Waals surface area contributed by atoms with E-state index >= 15 is 0 Å². The van der Waals surface area contributed by atoms with E-state index in [2.05, 4.69) is 0 Å². The Hall–Kier alpha value is -0.155. The SMILES string of the molecule is CSc1ccc(Cl)c(B(O)O)c1. The van der Waals surface area contributed by atoms with Gasteiger partial charge in [0.2, 0.25) is 0 Å². The van der Waals surface area contributed by atoms with Crippen molar-refractivity contribution in [2.75, 3.05) is 6.26 Å². The molecule has 2 N–H and O–H groups in total. The van der Waals surface area contributed by atoms with Gasteiger partial charge in [0.15, 0.2) is 0 Å². The van der Waals surface area contributed by atoms with Crippen LogP contribution in [0.15, 0.2) is 23.1 Å². The third-order valence-electron chi connectivity index (χ3n) is 1.48. The Morgan fingerprint density at radius 1 is 1.42 bits per heavy atom. The van der Waals surface area contributed by atoms with Gasteiger partial charge in [0.05, 0.1) is 0 Å². The predicted molar refractivity (Wildman–Crippen MR) is 53.1 cm³/mol. The minimum atomic E-state index is -1.50. The van der Waals surface area contributed by atoms with E-state index in [0.29, 0.717) is 10.5 Å². The Balaban J connectivity index is 3.08. The van der Waals surface area contributed by atoms with Crippen molar-refractivity contribution in [3.63, 3.8) is 0 Å². The lowest BCUT2D eigenvalue weighted by atomic mass is 9.80. The van der Waals surface area contributed by atoms with Crippen molar-refractivity contribution >= 4 is 35.9 Å². The van der Waals surface area contributed by atoms with Gasteiger partial charge in [0.1, 0.15) is 0 Å². The van der Waals surface area contributed by atoms with Gasteiger partial charge in [-0.25, -0.2) is 0 Å². The third kappa shape index (κ3) is 2.17. The van der Waals surface area contributed by atoms with Crippen LogP contribution in [0.5, 0.6) is 0 Å². The van der Waals surface area contributed by atoms with E-state index in [0.717, 1.165) is 4.90 Å². The van der Waals surface area contributed by atoms with Crippen LogP contribution in [0.3, 0.4) is 0 Å². The van der Waals surface area contributed by atoms with Gasteiger partial charge < -0.3 is 10.0 Å². The Kier molecular flexibility index (Phi) is 3.46. The molecule has 0 aliphatic rings. The van der Waals surface area contributed by atoms with Gasteiger partial charge in [-0.2, -0.15) is 0 Å². The van der Waals surface area contributed by atoms with Crippen molar-refractivity contribution in [2.24, 2.45) is 0 Å². The van der Waals surface area contributed by atoms with E-state index in [9.17, 15) is 0 Å². The Morgan fingerprint density at radius 3 is 2.58 bits per heavy atom. The molecule has 0 atom stereocenters. The molecule has 0 heterocycles. The standard InChI is InChI=1S/C7H8BClO2S/c1-12-5-2-3-7(9)6(4-5)8(10)11/h2-4,10-11H,1H3. The molecule has 2 nitrogen and oxygen atoms in total. The first-order chi connectivity index (χ1) is 5.65. The second kappa shape index (κ2) is 4.19. The normalized spacial score (nSPS) is 10.0. The molecule has 64 valence electrons. The van der Waals surface area contributed by atoms with Crippen LogP contribution in [-0.4, -0.2) is 23.4 Å². The summed E-state index contributed by atoms with van der Waals surface area (Å²) in [7, 11) is -1.50. The van der Waals surface area contributed by atoms with Gasteiger partial charge in [-0.15, -0.1) is 11.8 Å². The summed E-state index contributed by atoms with van der Waals surface area (Å²) in [5.41, 5.74) is 0.350. The van der Waals surface area contributed by atoms with E-state index in [-0.39, 0.29) is 0 Å². The van der Waals surface area contributed by atoms with Crippen LogP contribution in [0.1, 0.15) is 0 Å². The Labute approximate surface area is 80.7 Å². The summed E-state index contributed by atoms with van der Waals surface area (Å²) >= 11 is 7.25. The fourth-order valence-electron chi connectivity index (χ4n) is 0.847. The number of rotatable bonds is 2. The second-order valence-electron chi connectivity index (χ2n) is 2.26. The van der Waals surface area contributed by atoms with Crippen molar-refractivity contribution < 1.29 is 10.0 Å². The Bertz CT molecular complexity index is 280. The zero-order valence-electron chi connectivity index (χ0n) is 6.49. The van der Waals surface area contributed by atoms with E-state index in [1.807, 2.05) is 12.3 Å². The maximum atomic E-state index is 8.89. The molecular weight excluding hydrogens is 194 g/mol. The summed E-state index contributed by atoms with van der Waals surface area (Å²) in [6, 6.07) is 5.15. The average Bonchev–Trinajstić information content (AvgIpc) is 2.05. The molecule has 0 fully saturated rings. The summed E-state index contributed by atoms with van der Waals surface area (Å²) in [6.45, 7) is 0. The van der Waals surface area contributed by atoms with Gasteiger partial charge in [0.25, 0.3) is 0 Å². The highest BCUT2D eigenvalue weighted by molar-refractivity contribution is 7.98. The van der Waals surface area contributed by atoms with Crippen molar-refractivity contribution in [3.05, 3.63) is 23.2 Å². The first-order valence-electron chi connectivity index (χ1n) is 3.34. The molecule has 12 heavy (non-hydrogen) atoms. The summed E-state index contributed by atoms with van der Waals surface area (Å²) in [4.78, 5) is 0.961. The maximum absolute atomic E-state index is 8.89. The number of hydrogen-bond donors (Lipinski definition) is 2. The lowest BCUT2D eigenvalue weighted by molar-refractivity contribution is 0.425. The smallest absolute Gasteiger partial charge is 0.423 e. The van der Waals surface area contributed by atoms with Crippen molar-refractivity contribution in [1.29, 1.82) is 0 Å². The van der Waals surface area contributed by atoms with E-state index < -0.39 is 7.12 Å². The molecule has 0 spiro atoms. The van der Waals surface area contributed by atoms with Gasteiger partial charge >= 0.3 is 7.12 Å². The van der Waals surface area contributed by atoms with Crippen LogP contribution >= 0.6 is 23.4 Å². The molecule has 1 aromatic carbocycles. The number of halogens is 1. The van der Waals surface area contributed by atoms with Crippen LogP contribution < -0.4 is 5.46 Å². The van der Waals surface area contributed by atoms with E-state index in [1.165, 1.54) is 11.8 Å². The zero-order chi connectivity index (χ0) is 9.14. The fourth-order valence-corrected chi connectivity index (χ4v) is 1.51. The molecule has 0 saturated heterocycles. The molecule has 0 aliphatic carbocycles. The number of hydrogen-bond acceptors (Lipinski definition) is 3. The highest BCUT2D eigenvalue weighted by Gasteiger charge is 2.14. The van der Waals surface area contributed by atoms with Gasteiger partial charge in [-0.05, 0) is 24.5 Å². The zero-order valence-corrected chi connectivity index (χ0v) is 8.06. The third-order valence-corrected chi connectivity index (χ3v) is 2.55. The quantitative estimate of drug-likeness (QED) is 0.549. The molecule has 1 rings (SSSR count). The number of benzene rings is 1. The summed E-state index contributed by atoms with van der Waals surface area (Å²) < 4.78 is 0. The molecule has 0 amide bonds. The van der Waals surface area contributed by atoms with Crippen molar-refractivity contribution in [1.82, 2.24) is 0 Å². The molecule has 1 aromatic rings. The van der Waals surface area contributed by atoms with Gasteiger partial charge in [0, 0.05) is 15.4 Å². The molecule has 0 aromatic heterocycles. The van der Waals surface area contributed by atoms with Crippen molar-refractivity contribution in [3.8, 4) is 0 Å². The molecular formula is C7H8BClO2S. The second-order valence-corrected chi connectivity index (χ2v) is 3.55. The summed E-state index contributed by atoms with van der Waals surface area (Å²) in [5, 5.41) is 18.2. The minimum Gasteiger partial charge on any atom is -0.423 e. The van der Waals surface area contributed by atoms with Crippen LogP contribution in [0, 0.1) is 0 Å². The predicted octanol–water partition coefficient (Wildman–Crippen LogP) is 0.742. The van der Waals surface area contributed by atoms with Crippen LogP contribution in [0.2, 0.25) is 5.02 Å². The minimum absolute atomic E-state index is 0.350. The van der Waals surface area contributed by atoms with Crippen LogP contribution in [0.4, 0.5) is 0 Å². The van der Waals surface area contributed by atoms with E-state index in [1.54, 1.807) is 12.1 Å². The van der Waals surface area contributed by atoms with E-state index in [4.69, 9.17) is 21.6 Å². The lowest BCUT2D eigenvalue weighted by Crippen LogP contribution is -2.30. The van der Waals surface area contributed by atoms with Crippen molar-refractivity contribution in [2.45, 2.75) is 4.90 Å². The number of thioether (sulfide) groups is 1. The first kappa shape index (κ1) is 9.93. The summed E-state index contributed by atoms with van der Waals surface area (Å²) in [5.74, 6) is 0. The van der Waals surface area contributed by atoms with Crippen LogP contribution in [-0.2, 0) is 0 Å². The van der Waals surface area contributed by atoms with Gasteiger partial charge in [-0.3, -0.25) is 0 Å². The Morgan fingerprint density at radius 2 is 2.08 bits per heavy atom. The van der Waals surface area contributed by atoms with Crippen LogP contribution in [0.25, 0.3) is 0 Å².